The van der Waals surface area contributed by atoms with E-state index in [0.717, 1.165) is 5.39 Å². The van der Waals surface area contributed by atoms with Crippen LogP contribution in [0.1, 0.15) is 10.4 Å². The molecule has 2 N–H and O–H groups in total. The van der Waals surface area contributed by atoms with Crippen molar-refractivity contribution in [1.82, 2.24) is 15.5 Å². The number of hydrogen-bond donors (Lipinski definition) is 2. The van der Waals surface area contributed by atoms with E-state index in [4.69, 9.17) is 0 Å². The molecule has 0 aliphatic rings. The molecule has 0 fully saturated rings. The molecule has 0 bridgehead atoms. The van der Waals surface area contributed by atoms with Crippen LogP contribution in [0.5, 0.6) is 0 Å². The first-order valence-corrected chi connectivity index (χ1v) is 6.36. The lowest BCUT2D eigenvalue weighted by molar-refractivity contribution is -0.0327. The molecule has 1 heterocycles. The van der Waals surface area contributed by atoms with Gasteiger partial charge in [-0.3, -0.25) is 9.89 Å². The molecule has 0 spiro atoms. The summed E-state index contributed by atoms with van der Waals surface area (Å²) in [6.45, 7) is -0.0377. The molecule has 0 aliphatic carbocycles. The maximum Gasteiger partial charge on any atom is 0.441 e. The van der Waals surface area contributed by atoms with Crippen molar-refractivity contribution in [2.24, 2.45) is 0 Å². The maximum absolute atomic E-state index is 11.9. The minimum Gasteiger partial charge on any atom is -0.351 e. The molecule has 1 amide bonds. The minimum atomic E-state index is -4.26. The fraction of sp³-hybridized carbons (Fsp3) is 0.273. The van der Waals surface area contributed by atoms with Crippen LogP contribution in [-0.4, -0.2) is 33.9 Å². The smallest absolute Gasteiger partial charge is 0.351 e. The van der Waals surface area contributed by atoms with Crippen LogP contribution in [0.4, 0.5) is 13.2 Å². The van der Waals surface area contributed by atoms with Gasteiger partial charge in [0.15, 0.2) is 0 Å². The average molecular weight is 289 g/mol. The summed E-state index contributed by atoms with van der Waals surface area (Å²) in [4.78, 5) is 11.7. The van der Waals surface area contributed by atoms with Crippen molar-refractivity contribution in [3.8, 4) is 0 Å². The lowest BCUT2D eigenvalue weighted by atomic mass is 10.1. The third-order valence-corrected chi connectivity index (χ3v) is 3.09. The third-order valence-electron chi connectivity index (χ3n) is 2.36. The molecular formula is C11H10F3N3OS. The molecule has 1 aromatic carbocycles. The number of halogens is 3. The van der Waals surface area contributed by atoms with Crippen LogP contribution < -0.4 is 5.32 Å². The van der Waals surface area contributed by atoms with E-state index in [9.17, 15) is 18.0 Å². The Kier molecular flexibility index (Phi) is 3.98. The maximum atomic E-state index is 11.9. The Morgan fingerprint density at radius 3 is 2.95 bits per heavy atom. The van der Waals surface area contributed by atoms with Gasteiger partial charge in [-0.2, -0.15) is 18.3 Å². The Morgan fingerprint density at radius 1 is 1.42 bits per heavy atom. The van der Waals surface area contributed by atoms with Gasteiger partial charge in [0.1, 0.15) is 0 Å². The molecule has 0 unspecified atom stereocenters. The van der Waals surface area contributed by atoms with Crippen LogP contribution in [0.3, 0.4) is 0 Å². The molecule has 0 aliphatic heterocycles. The van der Waals surface area contributed by atoms with E-state index in [2.05, 4.69) is 15.5 Å². The zero-order valence-electron chi connectivity index (χ0n) is 9.62. The Hall–Kier alpha value is -1.70. The largest absolute Gasteiger partial charge is 0.441 e. The average Bonchev–Trinajstić information content (AvgIpc) is 2.80. The van der Waals surface area contributed by atoms with E-state index >= 15 is 0 Å². The number of amides is 1. The van der Waals surface area contributed by atoms with Gasteiger partial charge in [-0.15, -0.1) is 0 Å². The summed E-state index contributed by atoms with van der Waals surface area (Å²) in [5.74, 6) is -0.610. The highest BCUT2D eigenvalue weighted by Crippen LogP contribution is 2.29. The molecular weight excluding hydrogens is 279 g/mol. The first-order chi connectivity index (χ1) is 8.96. The first kappa shape index (κ1) is 13.7. The summed E-state index contributed by atoms with van der Waals surface area (Å²) in [5.41, 5.74) is -3.18. The molecule has 0 radical (unpaired) electrons. The van der Waals surface area contributed by atoms with Crippen LogP contribution in [-0.2, 0) is 0 Å². The van der Waals surface area contributed by atoms with E-state index in [1.54, 1.807) is 24.4 Å². The highest BCUT2D eigenvalue weighted by molar-refractivity contribution is 8.00. The number of aromatic nitrogens is 2. The van der Waals surface area contributed by atoms with Crippen LogP contribution in [0.15, 0.2) is 24.4 Å². The summed E-state index contributed by atoms with van der Waals surface area (Å²) in [7, 11) is 0. The molecule has 0 saturated heterocycles. The number of alkyl halides is 3. The predicted molar refractivity (Wildman–Crippen MR) is 66.9 cm³/mol. The number of hydrogen-bond acceptors (Lipinski definition) is 3. The topological polar surface area (TPSA) is 57.8 Å². The number of fused-ring (bicyclic) bond motifs is 1. The normalized spacial score (nSPS) is 11.7. The number of H-pyrrole nitrogens is 1. The summed E-state index contributed by atoms with van der Waals surface area (Å²) >= 11 is -0.156. The fourth-order valence-electron chi connectivity index (χ4n) is 1.51. The number of carbonyl (C=O) groups excluding carboxylic acids is 1. The highest BCUT2D eigenvalue weighted by atomic mass is 32.2. The van der Waals surface area contributed by atoms with Crippen molar-refractivity contribution >= 4 is 28.6 Å². The summed E-state index contributed by atoms with van der Waals surface area (Å²) in [5, 5.41) is 9.84. The number of carbonyl (C=O) groups is 1. The van der Waals surface area contributed by atoms with Gasteiger partial charge in [0, 0.05) is 23.2 Å². The van der Waals surface area contributed by atoms with Gasteiger partial charge >= 0.3 is 5.51 Å². The molecule has 0 atom stereocenters. The van der Waals surface area contributed by atoms with E-state index < -0.39 is 11.4 Å². The zero-order chi connectivity index (χ0) is 13.9. The van der Waals surface area contributed by atoms with Gasteiger partial charge in [-0.1, -0.05) is 6.07 Å². The second-order valence-electron chi connectivity index (χ2n) is 3.72. The van der Waals surface area contributed by atoms with Crippen molar-refractivity contribution in [2.75, 3.05) is 12.3 Å². The van der Waals surface area contributed by atoms with Gasteiger partial charge in [0.25, 0.3) is 5.91 Å². The summed E-state index contributed by atoms with van der Waals surface area (Å²) in [6, 6.07) is 4.93. The third kappa shape index (κ3) is 3.88. The van der Waals surface area contributed by atoms with Crippen LogP contribution in [0, 0.1) is 0 Å². The van der Waals surface area contributed by atoms with Crippen molar-refractivity contribution in [1.29, 1.82) is 0 Å². The van der Waals surface area contributed by atoms with E-state index in [1.165, 1.54) is 0 Å². The van der Waals surface area contributed by atoms with Crippen LogP contribution in [0.2, 0.25) is 0 Å². The fourth-order valence-corrected chi connectivity index (χ4v) is 1.95. The zero-order valence-corrected chi connectivity index (χ0v) is 10.4. The van der Waals surface area contributed by atoms with Crippen LogP contribution in [0.25, 0.3) is 10.9 Å². The lowest BCUT2D eigenvalue weighted by Crippen LogP contribution is -2.26. The molecule has 4 nitrogen and oxygen atoms in total. The second kappa shape index (κ2) is 5.52. The van der Waals surface area contributed by atoms with Gasteiger partial charge in [0.2, 0.25) is 0 Å². The summed E-state index contributed by atoms with van der Waals surface area (Å²) < 4.78 is 35.6. The Bertz CT molecular complexity index is 582. The van der Waals surface area contributed by atoms with E-state index in [-0.39, 0.29) is 24.1 Å². The predicted octanol–water partition coefficient (Wildman–Crippen LogP) is 2.55. The van der Waals surface area contributed by atoms with Crippen molar-refractivity contribution in [2.45, 2.75) is 5.51 Å². The molecule has 0 saturated carbocycles. The molecule has 1 aromatic heterocycles. The molecule has 2 rings (SSSR count). The standard InChI is InChI=1S/C11H10F3N3OS/c12-11(13,14)19-4-3-15-10(18)7-1-2-8-6-16-17-9(8)5-7/h1-2,5-6H,3-4H2,(H,15,18)(H,16,17). The molecule has 8 heteroatoms. The van der Waals surface area contributed by atoms with Gasteiger partial charge in [-0.25, -0.2) is 0 Å². The number of rotatable bonds is 4. The first-order valence-electron chi connectivity index (χ1n) is 5.38. The van der Waals surface area contributed by atoms with Crippen molar-refractivity contribution in [3.05, 3.63) is 30.0 Å². The SMILES string of the molecule is O=C(NCCSC(F)(F)F)c1ccc2cn[nH]c2c1. The number of thioether (sulfide) groups is 1. The van der Waals surface area contributed by atoms with E-state index in [0.29, 0.717) is 11.1 Å². The number of benzene rings is 1. The van der Waals surface area contributed by atoms with Gasteiger partial charge < -0.3 is 5.32 Å². The summed E-state index contributed by atoms with van der Waals surface area (Å²) in [6.07, 6.45) is 1.62. The lowest BCUT2D eigenvalue weighted by Gasteiger charge is -2.07. The number of nitrogens with one attached hydrogen (secondary N) is 2. The van der Waals surface area contributed by atoms with E-state index in [1.807, 2.05) is 0 Å². The molecule has 102 valence electrons. The Labute approximate surface area is 110 Å². The van der Waals surface area contributed by atoms with Crippen molar-refractivity contribution in [3.63, 3.8) is 0 Å². The highest BCUT2D eigenvalue weighted by Gasteiger charge is 2.27. The van der Waals surface area contributed by atoms with Gasteiger partial charge in [0.05, 0.1) is 11.7 Å². The second-order valence-corrected chi connectivity index (χ2v) is 4.88. The number of nitrogens with zero attached hydrogens (tertiary/aromatic N) is 1. The van der Waals surface area contributed by atoms with Gasteiger partial charge in [-0.05, 0) is 23.9 Å². The molecule has 2 aromatic rings. The quantitative estimate of drug-likeness (QED) is 0.850. The minimum absolute atomic E-state index is 0.0377. The number of aromatic amines is 1. The van der Waals surface area contributed by atoms with Crippen LogP contribution >= 0.6 is 11.8 Å². The Balaban J connectivity index is 1.89. The monoisotopic (exact) mass is 289 g/mol. The Morgan fingerprint density at radius 2 is 2.21 bits per heavy atom. The molecule has 19 heavy (non-hydrogen) atoms. The van der Waals surface area contributed by atoms with Crippen molar-refractivity contribution < 1.29 is 18.0 Å².